The lowest BCUT2D eigenvalue weighted by molar-refractivity contribution is -0.662. The molecule has 0 radical (unpaired) electrons. The quantitative estimate of drug-likeness (QED) is 0.359. The number of piperidine rings is 1. The predicted octanol–water partition coefficient (Wildman–Crippen LogP) is 0.0513. The first-order chi connectivity index (χ1) is 20.4. The number of piperazine rings is 1. The van der Waals surface area contributed by atoms with Crippen molar-refractivity contribution in [1.29, 1.82) is 0 Å². The minimum absolute atomic E-state index is 0. The molecule has 3 N–H and O–H groups in total. The summed E-state index contributed by atoms with van der Waals surface area (Å²) in [5.74, 6) is 0.935. The van der Waals surface area contributed by atoms with Crippen molar-refractivity contribution in [3.63, 3.8) is 0 Å². The van der Waals surface area contributed by atoms with Crippen molar-refractivity contribution in [3.05, 3.63) is 66.5 Å². The van der Waals surface area contributed by atoms with Crippen LogP contribution in [0.15, 0.2) is 60.9 Å². The number of nitrogens with one attached hydrogen (secondary N) is 1. The molecule has 3 aliphatic rings. The number of nitrogens with zero attached hydrogens (tertiary/aromatic N) is 4. The Kier molecular flexibility index (Phi) is 9.62. The van der Waals surface area contributed by atoms with E-state index >= 15 is 0 Å². The number of H-pyrrole nitrogens is 1. The van der Waals surface area contributed by atoms with Crippen molar-refractivity contribution >= 4 is 17.5 Å². The summed E-state index contributed by atoms with van der Waals surface area (Å²) in [6.45, 7) is 9.32. The van der Waals surface area contributed by atoms with Crippen molar-refractivity contribution in [2.24, 2.45) is 5.92 Å². The Bertz CT molecular complexity index is 1370. The summed E-state index contributed by atoms with van der Waals surface area (Å²) in [6.07, 6.45) is 7.75. The zero-order valence-electron chi connectivity index (χ0n) is 25.2. The molecule has 3 aromatic rings. The summed E-state index contributed by atoms with van der Waals surface area (Å²) >= 11 is 0. The standard InChI is InChI=1S/C33H42N6O3.ClH/c1-33(2,32(41)37-17-14-34-15-18-37)42-30-7-3-6-29(19-30)38-16-4-5-26(23-38)31(40)39(28-12-13-28)22-24-8-10-25(11-9-24)27-20-35-36-21-27;/h3,6-11,19-21,26,28,34H,4-5,12-18,22-23H2,1-2H3,(H,35,36);1H. The molecule has 9 nitrogen and oxygen atoms in total. The fourth-order valence-corrected chi connectivity index (χ4v) is 6.25. The van der Waals surface area contributed by atoms with E-state index in [0.717, 1.165) is 80.8 Å². The van der Waals surface area contributed by atoms with Gasteiger partial charge in [0.2, 0.25) is 5.91 Å². The van der Waals surface area contributed by atoms with Crippen LogP contribution in [0.25, 0.3) is 11.1 Å². The van der Waals surface area contributed by atoms with Crippen molar-refractivity contribution in [2.75, 3.05) is 44.2 Å². The van der Waals surface area contributed by atoms with E-state index in [4.69, 9.17) is 4.74 Å². The first-order valence-corrected chi connectivity index (χ1v) is 15.4. The molecular formula is C33H43ClN6O3. The van der Waals surface area contributed by atoms with Gasteiger partial charge in [-0.05, 0) is 62.8 Å². The highest BCUT2D eigenvalue weighted by molar-refractivity contribution is 5.85. The van der Waals surface area contributed by atoms with Crippen LogP contribution in [0.3, 0.4) is 0 Å². The fraction of sp³-hybridized carbons (Fsp3) is 0.485. The topological polar surface area (TPSA) is 98.4 Å². The molecule has 0 spiro atoms. The molecule has 10 heteroatoms. The van der Waals surface area contributed by atoms with Crippen LogP contribution in [0.1, 0.15) is 45.1 Å². The fourth-order valence-electron chi connectivity index (χ4n) is 6.25. The average molecular weight is 607 g/mol. The molecule has 1 aromatic heterocycles. The molecule has 2 amide bonds. The van der Waals surface area contributed by atoms with E-state index in [2.05, 4.69) is 55.6 Å². The Hall–Kier alpha value is -3.56. The summed E-state index contributed by atoms with van der Waals surface area (Å²) in [5, 5.41) is 9.15. The van der Waals surface area contributed by atoms with Gasteiger partial charge in [-0.15, -0.1) is 0 Å². The molecule has 43 heavy (non-hydrogen) atoms. The Morgan fingerprint density at radius 1 is 1.05 bits per heavy atom. The van der Waals surface area contributed by atoms with E-state index < -0.39 is 5.60 Å². The highest BCUT2D eigenvalue weighted by Gasteiger charge is 2.38. The van der Waals surface area contributed by atoms with Crippen LogP contribution in [0.2, 0.25) is 0 Å². The first-order valence-electron chi connectivity index (χ1n) is 15.4. The van der Waals surface area contributed by atoms with E-state index in [9.17, 15) is 9.59 Å². The van der Waals surface area contributed by atoms with Gasteiger partial charge >= 0.3 is 0 Å². The van der Waals surface area contributed by atoms with Crippen molar-refractivity contribution in [1.82, 2.24) is 20.0 Å². The second-order valence-electron chi connectivity index (χ2n) is 12.4. The number of aromatic amines is 1. The molecule has 230 valence electrons. The summed E-state index contributed by atoms with van der Waals surface area (Å²) in [4.78, 5) is 33.4. The number of halogens is 1. The minimum atomic E-state index is -0.947. The number of aromatic nitrogens is 2. The molecule has 2 aliphatic heterocycles. The number of amides is 2. The number of nitrogens with two attached hydrogens (primary N) is 1. The van der Waals surface area contributed by atoms with Gasteiger partial charge in [0.05, 0.1) is 38.3 Å². The Morgan fingerprint density at radius 3 is 2.51 bits per heavy atom. The summed E-state index contributed by atoms with van der Waals surface area (Å²) in [5.41, 5.74) is 3.42. The van der Waals surface area contributed by atoms with E-state index in [1.54, 1.807) is 0 Å². The number of hydrogen-bond donors (Lipinski definition) is 2. The van der Waals surface area contributed by atoms with Crippen LogP contribution in [0.4, 0.5) is 5.69 Å². The largest absolute Gasteiger partial charge is 1.00 e. The minimum Gasteiger partial charge on any atom is -1.00 e. The van der Waals surface area contributed by atoms with E-state index in [0.29, 0.717) is 24.9 Å². The van der Waals surface area contributed by atoms with Gasteiger partial charge in [-0.3, -0.25) is 14.7 Å². The van der Waals surface area contributed by atoms with Gasteiger partial charge in [0.15, 0.2) is 5.60 Å². The van der Waals surface area contributed by atoms with Gasteiger partial charge < -0.3 is 37.2 Å². The number of rotatable bonds is 9. The molecule has 1 atom stereocenters. The SMILES string of the molecule is CC(C)(Oc1cccc(N2CCCC(C(=O)N(Cc3ccc(-c4cn[nH]c4)cc3)C3CC3)C2)c1)C(=O)N1CC[NH2+]CC1.[Cl-]. The zero-order valence-corrected chi connectivity index (χ0v) is 25.9. The van der Waals surface area contributed by atoms with Crippen LogP contribution < -0.4 is 27.4 Å². The zero-order chi connectivity index (χ0) is 29.1. The van der Waals surface area contributed by atoms with Gasteiger partial charge in [-0.25, -0.2) is 0 Å². The number of ether oxygens (including phenoxy) is 1. The summed E-state index contributed by atoms with van der Waals surface area (Å²) in [7, 11) is 0. The van der Waals surface area contributed by atoms with E-state index in [1.807, 2.05) is 49.3 Å². The van der Waals surface area contributed by atoms with Gasteiger partial charge in [0, 0.05) is 49.2 Å². The third-order valence-electron chi connectivity index (χ3n) is 8.74. The molecule has 2 aromatic carbocycles. The number of carbonyl (C=O) groups is 2. The van der Waals surface area contributed by atoms with Crippen molar-refractivity contribution < 1.29 is 32.0 Å². The van der Waals surface area contributed by atoms with Crippen molar-refractivity contribution in [3.8, 4) is 16.9 Å². The van der Waals surface area contributed by atoms with Crippen LogP contribution in [0.5, 0.6) is 5.75 Å². The Labute approximate surface area is 260 Å². The number of anilines is 1. The third kappa shape index (κ3) is 7.33. The van der Waals surface area contributed by atoms with Gasteiger partial charge in [0.1, 0.15) is 5.75 Å². The van der Waals surface area contributed by atoms with Gasteiger partial charge in [-0.2, -0.15) is 5.10 Å². The summed E-state index contributed by atoms with van der Waals surface area (Å²) < 4.78 is 6.29. The molecule has 2 saturated heterocycles. The lowest BCUT2D eigenvalue weighted by Crippen LogP contribution is -3.00. The van der Waals surface area contributed by atoms with Crippen LogP contribution in [-0.4, -0.2) is 82.7 Å². The van der Waals surface area contributed by atoms with E-state index in [1.165, 1.54) is 0 Å². The lowest BCUT2D eigenvalue weighted by Gasteiger charge is -2.37. The van der Waals surface area contributed by atoms with Gasteiger partial charge in [-0.1, -0.05) is 30.3 Å². The monoisotopic (exact) mass is 606 g/mol. The molecular weight excluding hydrogens is 564 g/mol. The molecule has 6 rings (SSSR count). The second-order valence-corrected chi connectivity index (χ2v) is 12.4. The highest BCUT2D eigenvalue weighted by Crippen LogP contribution is 2.34. The molecule has 0 bridgehead atoms. The normalized spacial score (nSPS) is 19.0. The maximum absolute atomic E-state index is 13.9. The number of hydrogen-bond acceptors (Lipinski definition) is 5. The third-order valence-corrected chi connectivity index (χ3v) is 8.74. The van der Waals surface area contributed by atoms with Crippen LogP contribution in [0, 0.1) is 5.92 Å². The summed E-state index contributed by atoms with van der Waals surface area (Å²) in [6, 6.07) is 16.8. The molecule has 1 aliphatic carbocycles. The van der Waals surface area contributed by atoms with Crippen LogP contribution >= 0.6 is 0 Å². The number of quaternary nitrogens is 1. The van der Waals surface area contributed by atoms with Crippen LogP contribution in [-0.2, 0) is 16.1 Å². The second kappa shape index (κ2) is 13.4. The Morgan fingerprint density at radius 2 is 1.81 bits per heavy atom. The maximum Gasteiger partial charge on any atom is 0.266 e. The molecule has 1 saturated carbocycles. The van der Waals surface area contributed by atoms with Crippen molar-refractivity contribution in [2.45, 2.75) is 57.7 Å². The number of carbonyl (C=O) groups excluding carboxylic acids is 2. The predicted molar refractivity (Wildman–Crippen MR) is 162 cm³/mol. The molecule has 3 fully saturated rings. The smallest absolute Gasteiger partial charge is 0.266 e. The molecule has 1 unspecified atom stereocenters. The number of benzene rings is 2. The first kappa shape index (κ1) is 30.9. The van der Waals surface area contributed by atoms with E-state index in [-0.39, 0.29) is 30.1 Å². The maximum atomic E-state index is 13.9. The van der Waals surface area contributed by atoms with Gasteiger partial charge in [0.25, 0.3) is 5.91 Å². The Balaban J connectivity index is 0.00000368. The average Bonchev–Trinajstić information content (AvgIpc) is 3.72. The molecule has 3 heterocycles. The highest BCUT2D eigenvalue weighted by atomic mass is 35.5. The lowest BCUT2D eigenvalue weighted by atomic mass is 9.95.